The van der Waals surface area contributed by atoms with E-state index < -0.39 is 5.92 Å². The number of hydrogen-bond acceptors (Lipinski definition) is 4. The topological polar surface area (TPSA) is 91.0 Å². The van der Waals surface area contributed by atoms with Gasteiger partial charge < -0.3 is 10.2 Å². The summed E-state index contributed by atoms with van der Waals surface area (Å²) >= 11 is 0. The molecule has 1 aliphatic heterocycles. The molecule has 170 valence electrons. The summed E-state index contributed by atoms with van der Waals surface area (Å²) in [4.78, 5) is 32.0. The van der Waals surface area contributed by atoms with E-state index in [0.29, 0.717) is 30.4 Å². The molecule has 34 heavy (non-hydrogen) atoms. The number of aryl methyl sites for hydroxylation is 1. The average Bonchev–Trinajstić information content (AvgIpc) is 3.49. The lowest BCUT2D eigenvalue weighted by atomic mass is 10.1. The van der Waals surface area contributed by atoms with E-state index in [2.05, 4.69) is 20.5 Å². The van der Waals surface area contributed by atoms with Crippen molar-refractivity contribution < 1.29 is 9.59 Å². The molecule has 1 fully saturated rings. The van der Waals surface area contributed by atoms with Crippen LogP contribution < -0.4 is 5.32 Å². The van der Waals surface area contributed by atoms with Gasteiger partial charge in [-0.3, -0.25) is 14.7 Å². The van der Waals surface area contributed by atoms with E-state index in [9.17, 15) is 9.59 Å². The molecule has 2 N–H and O–H groups in total. The van der Waals surface area contributed by atoms with Crippen LogP contribution in [-0.2, 0) is 16.1 Å². The van der Waals surface area contributed by atoms with Crippen molar-refractivity contribution in [3.63, 3.8) is 0 Å². The molecule has 0 bridgehead atoms. The Morgan fingerprint density at radius 1 is 1.03 bits per heavy atom. The first-order chi connectivity index (χ1) is 16.6. The van der Waals surface area contributed by atoms with Crippen molar-refractivity contribution in [1.29, 1.82) is 0 Å². The van der Waals surface area contributed by atoms with E-state index >= 15 is 0 Å². The fourth-order valence-electron chi connectivity index (χ4n) is 4.15. The Hall–Kier alpha value is -4.26. The first kappa shape index (κ1) is 21.6. The molecule has 0 aliphatic carbocycles. The highest BCUT2D eigenvalue weighted by atomic mass is 16.2. The normalized spacial score (nSPS) is 15.5. The van der Waals surface area contributed by atoms with Crippen molar-refractivity contribution in [2.45, 2.75) is 19.9 Å². The molecule has 0 saturated carbocycles. The first-order valence-electron chi connectivity index (χ1n) is 11.3. The van der Waals surface area contributed by atoms with Gasteiger partial charge in [0, 0.05) is 30.6 Å². The van der Waals surface area contributed by atoms with Crippen molar-refractivity contribution in [1.82, 2.24) is 20.1 Å². The molecule has 1 saturated heterocycles. The highest BCUT2D eigenvalue weighted by Gasteiger charge is 2.34. The van der Waals surface area contributed by atoms with Gasteiger partial charge in [0.1, 0.15) is 0 Å². The van der Waals surface area contributed by atoms with Crippen molar-refractivity contribution in [2.24, 2.45) is 5.92 Å². The Kier molecular flexibility index (Phi) is 5.91. The molecule has 1 atom stereocenters. The van der Waals surface area contributed by atoms with E-state index in [-0.39, 0.29) is 18.2 Å². The van der Waals surface area contributed by atoms with Crippen LogP contribution in [0, 0.1) is 12.8 Å². The molecule has 0 radical (unpaired) electrons. The summed E-state index contributed by atoms with van der Waals surface area (Å²) in [5, 5.41) is 10.3. The Bertz CT molecular complexity index is 1310. The van der Waals surface area contributed by atoms with Crippen LogP contribution in [0.3, 0.4) is 0 Å². The lowest BCUT2D eigenvalue weighted by molar-refractivity contribution is -0.128. The molecule has 0 spiro atoms. The maximum Gasteiger partial charge on any atom is 0.229 e. The minimum atomic E-state index is -0.402. The third-order valence-electron chi connectivity index (χ3n) is 6.04. The SMILES string of the molecule is Cc1ccc(CN2CC(C(=O)Nc3ccccc3-c3nc(-c4ccccc4)n[nH]3)CC2=O)cc1. The fourth-order valence-corrected chi connectivity index (χ4v) is 4.15. The second-order valence-electron chi connectivity index (χ2n) is 8.57. The number of aromatic amines is 1. The Labute approximate surface area is 197 Å². The molecule has 5 rings (SSSR count). The van der Waals surface area contributed by atoms with Gasteiger partial charge >= 0.3 is 0 Å². The Morgan fingerprint density at radius 3 is 2.56 bits per heavy atom. The molecule has 3 aromatic carbocycles. The predicted molar refractivity (Wildman–Crippen MR) is 131 cm³/mol. The van der Waals surface area contributed by atoms with Crippen LogP contribution >= 0.6 is 0 Å². The summed E-state index contributed by atoms with van der Waals surface area (Å²) in [6, 6.07) is 25.3. The summed E-state index contributed by atoms with van der Waals surface area (Å²) in [7, 11) is 0. The number of amides is 2. The van der Waals surface area contributed by atoms with Crippen molar-refractivity contribution in [2.75, 3.05) is 11.9 Å². The van der Waals surface area contributed by atoms with Gasteiger partial charge in [0.2, 0.25) is 11.8 Å². The average molecular weight is 452 g/mol. The molecule has 1 aliphatic rings. The van der Waals surface area contributed by atoms with E-state index in [4.69, 9.17) is 0 Å². The van der Waals surface area contributed by atoms with Gasteiger partial charge in [0.05, 0.1) is 11.6 Å². The number of rotatable bonds is 6. The number of nitrogens with zero attached hydrogens (tertiary/aromatic N) is 3. The number of H-pyrrole nitrogens is 1. The highest BCUT2D eigenvalue weighted by molar-refractivity contribution is 5.99. The van der Waals surface area contributed by atoms with Gasteiger partial charge in [0.15, 0.2) is 11.6 Å². The van der Waals surface area contributed by atoms with E-state index in [1.165, 1.54) is 5.56 Å². The third kappa shape index (κ3) is 4.59. The quantitative estimate of drug-likeness (QED) is 0.454. The zero-order chi connectivity index (χ0) is 23.5. The fraction of sp³-hybridized carbons (Fsp3) is 0.185. The van der Waals surface area contributed by atoms with E-state index in [1.807, 2.05) is 85.8 Å². The monoisotopic (exact) mass is 451 g/mol. The lowest BCUT2D eigenvalue weighted by Gasteiger charge is -2.17. The van der Waals surface area contributed by atoms with Gasteiger partial charge in [-0.1, -0.05) is 72.3 Å². The number of carbonyl (C=O) groups is 2. The van der Waals surface area contributed by atoms with Gasteiger partial charge in [-0.2, -0.15) is 5.10 Å². The third-order valence-corrected chi connectivity index (χ3v) is 6.04. The molecule has 7 heteroatoms. The number of nitrogens with one attached hydrogen (secondary N) is 2. The molecule has 1 unspecified atom stereocenters. The zero-order valence-electron chi connectivity index (χ0n) is 18.9. The lowest BCUT2D eigenvalue weighted by Crippen LogP contribution is -2.28. The summed E-state index contributed by atoms with van der Waals surface area (Å²) in [6.07, 6.45) is 0.209. The Morgan fingerprint density at radius 2 is 1.76 bits per heavy atom. The van der Waals surface area contributed by atoms with Crippen LogP contribution in [0.2, 0.25) is 0 Å². The van der Waals surface area contributed by atoms with Crippen molar-refractivity contribution >= 4 is 17.5 Å². The van der Waals surface area contributed by atoms with Gasteiger partial charge in [-0.05, 0) is 24.6 Å². The molecular weight excluding hydrogens is 426 g/mol. The maximum absolute atomic E-state index is 13.1. The second-order valence-corrected chi connectivity index (χ2v) is 8.57. The maximum atomic E-state index is 13.1. The molecule has 4 aromatic rings. The molecule has 2 heterocycles. The van der Waals surface area contributed by atoms with Crippen LogP contribution in [0.4, 0.5) is 5.69 Å². The first-order valence-corrected chi connectivity index (χ1v) is 11.3. The molecule has 1 aromatic heterocycles. The molecule has 2 amide bonds. The van der Waals surface area contributed by atoms with Gasteiger partial charge in [-0.25, -0.2) is 4.98 Å². The number of para-hydroxylation sites is 1. The van der Waals surface area contributed by atoms with Gasteiger partial charge in [-0.15, -0.1) is 0 Å². The van der Waals surface area contributed by atoms with Crippen molar-refractivity contribution in [3.05, 3.63) is 90.0 Å². The second kappa shape index (κ2) is 9.31. The predicted octanol–water partition coefficient (Wildman–Crippen LogP) is 4.43. The standard InChI is InChI=1S/C27H25N5O2/c1-18-11-13-19(14-12-18)16-32-17-21(15-24(32)33)27(34)28-23-10-6-5-9-22(23)26-29-25(30-31-26)20-7-3-2-4-8-20/h2-14,21H,15-17H2,1H3,(H,28,34)(H,29,30,31). The van der Waals surface area contributed by atoms with Crippen molar-refractivity contribution in [3.8, 4) is 22.8 Å². The summed E-state index contributed by atoms with van der Waals surface area (Å²) in [5.41, 5.74) is 4.52. The number of likely N-dealkylation sites (tertiary alicyclic amines) is 1. The minimum absolute atomic E-state index is 0.00301. The van der Waals surface area contributed by atoms with Crippen LogP contribution in [0.25, 0.3) is 22.8 Å². The Balaban J connectivity index is 1.29. The minimum Gasteiger partial charge on any atom is -0.338 e. The summed E-state index contributed by atoms with van der Waals surface area (Å²) < 4.78 is 0. The van der Waals surface area contributed by atoms with Gasteiger partial charge in [0.25, 0.3) is 0 Å². The molecular formula is C27H25N5O2. The van der Waals surface area contributed by atoms with Crippen LogP contribution in [0.1, 0.15) is 17.5 Å². The summed E-state index contributed by atoms with van der Waals surface area (Å²) in [6.45, 7) is 2.95. The number of carbonyl (C=O) groups excluding carboxylic acids is 2. The number of aromatic nitrogens is 3. The van der Waals surface area contributed by atoms with Crippen LogP contribution in [-0.4, -0.2) is 38.4 Å². The largest absolute Gasteiger partial charge is 0.338 e. The zero-order valence-corrected chi connectivity index (χ0v) is 18.9. The number of benzene rings is 3. The van der Waals surface area contributed by atoms with Crippen LogP contribution in [0.5, 0.6) is 0 Å². The van der Waals surface area contributed by atoms with Crippen LogP contribution in [0.15, 0.2) is 78.9 Å². The molecule has 7 nitrogen and oxygen atoms in total. The number of hydrogen-bond donors (Lipinski definition) is 2. The van der Waals surface area contributed by atoms with E-state index in [1.54, 1.807) is 4.90 Å². The van der Waals surface area contributed by atoms with E-state index in [0.717, 1.165) is 16.7 Å². The number of anilines is 1. The smallest absolute Gasteiger partial charge is 0.229 e. The highest BCUT2D eigenvalue weighted by Crippen LogP contribution is 2.28. The summed E-state index contributed by atoms with van der Waals surface area (Å²) in [5.74, 6) is 0.579.